The Morgan fingerprint density at radius 1 is 1.09 bits per heavy atom. The third-order valence-electron chi connectivity index (χ3n) is 4.10. The van der Waals surface area contributed by atoms with Crippen molar-refractivity contribution in [2.75, 3.05) is 0 Å². The van der Waals surface area contributed by atoms with Gasteiger partial charge in [0.15, 0.2) is 0 Å². The van der Waals surface area contributed by atoms with Gasteiger partial charge in [-0.1, -0.05) is 11.6 Å². The van der Waals surface area contributed by atoms with Gasteiger partial charge in [0.2, 0.25) is 0 Å². The molecule has 5 heteroatoms. The van der Waals surface area contributed by atoms with Crippen LogP contribution in [0.5, 0.6) is 0 Å². The van der Waals surface area contributed by atoms with Gasteiger partial charge in [0.25, 0.3) is 0 Å². The van der Waals surface area contributed by atoms with Crippen molar-refractivity contribution in [1.82, 2.24) is 0 Å². The van der Waals surface area contributed by atoms with Crippen molar-refractivity contribution in [3.63, 3.8) is 0 Å². The molecule has 0 aromatic rings. The van der Waals surface area contributed by atoms with Crippen LogP contribution in [-0.4, -0.2) is 29.9 Å². The van der Waals surface area contributed by atoms with Crippen LogP contribution in [0.4, 0.5) is 0 Å². The van der Waals surface area contributed by atoms with Gasteiger partial charge >= 0.3 is 13.1 Å². The fraction of sp³-hybridized carbons (Fsp3) is 0.824. The molecule has 1 rings (SSSR count). The molecule has 0 N–H and O–H groups in total. The highest BCUT2D eigenvalue weighted by atomic mass is 16.7. The minimum absolute atomic E-state index is 0.157. The zero-order valence-corrected chi connectivity index (χ0v) is 15.4. The molecule has 1 aliphatic rings. The lowest BCUT2D eigenvalue weighted by Gasteiger charge is -2.32. The first kappa shape index (κ1) is 19.2. The fourth-order valence-electron chi connectivity index (χ4n) is 2.15. The molecule has 0 saturated carbocycles. The van der Waals surface area contributed by atoms with Crippen molar-refractivity contribution in [3.8, 4) is 0 Å². The van der Waals surface area contributed by atoms with Gasteiger partial charge in [0.1, 0.15) is 5.60 Å². The van der Waals surface area contributed by atoms with E-state index in [1.54, 1.807) is 0 Å². The van der Waals surface area contributed by atoms with E-state index < -0.39 is 5.60 Å². The predicted octanol–water partition coefficient (Wildman–Crippen LogP) is 4.15. The molecule has 0 aromatic carbocycles. The summed E-state index contributed by atoms with van der Waals surface area (Å²) in [5.41, 5.74) is 0.143. The Labute approximate surface area is 135 Å². The van der Waals surface area contributed by atoms with Crippen molar-refractivity contribution < 1.29 is 18.8 Å². The van der Waals surface area contributed by atoms with Crippen molar-refractivity contribution in [2.24, 2.45) is 0 Å². The summed E-state index contributed by atoms with van der Waals surface area (Å²) in [5.74, 6) is -0.157. The number of rotatable bonds is 5. The molecule has 1 saturated heterocycles. The molecule has 126 valence electrons. The Morgan fingerprint density at radius 3 is 2.05 bits per heavy atom. The van der Waals surface area contributed by atoms with E-state index in [4.69, 9.17) is 14.0 Å². The molecule has 1 aliphatic heterocycles. The third-order valence-corrected chi connectivity index (χ3v) is 4.10. The largest absolute Gasteiger partial charge is 0.461 e. The van der Waals surface area contributed by atoms with E-state index in [9.17, 15) is 4.79 Å². The van der Waals surface area contributed by atoms with E-state index in [0.29, 0.717) is 19.2 Å². The molecule has 0 aromatic heterocycles. The highest BCUT2D eigenvalue weighted by Crippen LogP contribution is 2.37. The number of esters is 1. The smallest absolute Gasteiger partial charge is 0.460 e. The maximum atomic E-state index is 11.7. The summed E-state index contributed by atoms with van der Waals surface area (Å²) in [6.07, 6.45) is 3.90. The molecule has 1 heterocycles. The molecule has 0 aliphatic carbocycles. The van der Waals surface area contributed by atoms with Crippen molar-refractivity contribution in [1.29, 1.82) is 0 Å². The van der Waals surface area contributed by atoms with E-state index in [1.165, 1.54) is 0 Å². The molecule has 1 fully saturated rings. The van der Waals surface area contributed by atoms with Crippen LogP contribution in [0, 0.1) is 0 Å². The molecular weight excluding hydrogens is 279 g/mol. The number of carbonyl (C=O) groups is 1. The summed E-state index contributed by atoms with van der Waals surface area (Å²) in [5, 5.41) is 0. The summed E-state index contributed by atoms with van der Waals surface area (Å²) in [4.78, 5) is 11.7. The molecule has 0 spiro atoms. The topological polar surface area (TPSA) is 44.8 Å². The van der Waals surface area contributed by atoms with Gasteiger partial charge < -0.3 is 14.0 Å². The van der Waals surface area contributed by atoms with E-state index in [2.05, 4.69) is 6.08 Å². The van der Waals surface area contributed by atoms with Gasteiger partial charge in [-0.15, -0.1) is 0 Å². The quantitative estimate of drug-likeness (QED) is 0.435. The predicted molar refractivity (Wildman–Crippen MR) is 89.7 cm³/mol. The highest BCUT2D eigenvalue weighted by Gasteiger charge is 2.50. The Morgan fingerprint density at radius 2 is 1.59 bits per heavy atom. The van der Waals surface area contributed by atoms with Gasteiger partial charge in [0, 0.05) is 12.7 Å². The molecule has 0 unspecified atom stereocenters. The molecule has 0 amide bonds. The van der Waals surface area contributed by atoms with Crippen LogP contribution >= 0.6 is 0 Å². The normalized spacial score (nSPS) is 21.1. The average molecular weight is 310 g/mol. The number of allylic oxidation sites excluding steroid dienone is 2. The maximum Gasteiger partial charge on any atom is 0.461 e. The monoisotopic (exact) mass is 310 g/mol. The van der Waals surface area contributed by atoms with Crippen molar-refractivity contribution in [2.45, 2.75) is 91.4 Å². The molecule has 0 bridgehead atoms. The zero-order valence-electron chi connectivity index (χ0n) is 15.4. The van der Waals surface area contributed by atoms with Gasteiger partial charge in [-0.3, -0.25) is 4.79 Å². The van der Waals surface area contributed by atoms with Crippen molar-refractivity contribution in [3.05, 3.63) is 11.6 Å². The molecule has 22 heavy (non-hydrogen) atoms. The summed E-state index contributed by atoms with van der Waals surface area (Å²) in [6.45, 7) is 15.9. The Bertz CT molecular complexity index is 416. The summed E-state index contributed by atoms with van der Waals surface area (Å²) >= 11 is 0. The summed E-state index contributed by atoms with van der Waals surface area (Å²) < 4.78 is 17.2. The maximum absolute atomic E-state index is 11.7. The van der Waals surface area contributed by atoms with E-state index in [0.717, 1.165) is 5.57 Å². The molecule has 0 radical (unpaired) electrons. The second-order valence-corrected chi connectivity index (χ2v) is 8.06. The molecular formula is C17H31BO4. The lowest BCUT2D eigenvalue weighted by molar-refractivity contribution is -0.154. The summed E-state index contributed by atoms with van der Waals surface area (Å²) in [7, 11) is -0.221. The minimum Gasteiger partial charge on any atom is -0.460 e. The van der Waals surface area contributed by atoms with Crippen LogP contribution in [0.15, 0.2) is 11.6 Å². The fourth-order valence-corrected chi connectivity index (χ4v) is 2.15. The number of hydrogen-bond donors (Lipinski definition) is 0. The van der Waals surface area contributed by atoms with Crippen LogP contribution in [0.2, 0.25) is 6.32 Å². The highest BCUT2D eigenvalue weighted by molar-refractivity contribution is 6.46. The Balaban J connectivity index is 2.40. The zero-order chi connectivity index (χ0) is 17.2. The van der Waals surface area contributed by atoms with Gasteiger partial charge in [-0.25, -0.2) is 0 Å². The van der Waals surface area contributed by atoms with E-state index in [1.807, 2.05) is 55.4 Å². The van der Waals surface area contributed by atoms with Gasteiger partial charge in [-0.2, -0.15) is 0 Å². The average Bonchev–Trinajstić information content (AvgIpc) is 2.50. The number of hydrogen-bond acceptors (Lipinski definition) is 4. The summed E-state index contributed by atoms with van der Waals surface area (Å²) in [6, 6.07) is 0. The van der Waals surface area contributed by atoms with Gasteiger partial charge in [0.05, 0.1) is 11.2 Å². The second-order valence-electron chi connectivity index (χ2n) is 8.06. The second kappa shape index (κ2) is 6.75. The lowest BCUT2D eigenvalue weighted by atomic mass is 9.84. The minimum atomic E-state index is -0.419. The van der Waals surface area contributed by atoms with Crippen LogP contribution in [0.3, 0.4) is 0 Å². The van der Waals surface area contributed by atoms with Crippen LogP contribution in [0.1, 0.15) is 68.2 Å². The van der Waals surface area contributed by atoms with E-state index >= 15 is 0 Å². The third kappa shape index (κ3) is 5.77. The SMILES string of the molecule is C/C(=C\CB1OC(C)(C)C(C)(C)O1)CCC(=O)OC(C)(C)C. The Kier molecular flexibility index (Phi) is 5.91. The van der Waals surface area contributed by atoms with Crippen LogP contribution < -0.4 is 0 Å². The number of carbonyl (C=O) groups excluding carboxylic acids is 1. The standard InChI is InChI=1S/C17H31BO4/c1-13(9-10-14(19)20-15(2,3)4)11-12-18-21-16(5,6)17(7,8)22-18/h11H,9-10,12H2,1-8H3/b13-11+. The van der Waals surface area contributed by atoms with Crippen LogP contribution in [-0.2, 0) is 18.8 Å². The number of ether oxygens (including phenoxy) is 1. The molecule has 4 nitrogen and oxygen atoms in total. The van der Waals surface area contributed by atoms with Crippen LogP contribution in [0.25, 0.3) is 0 Å². The first-order valence-corrected chi connectivity index (χ1v) is 8.05. The van der Waals surface area contributed by atoms with Gasteiger partial charge in [-0.05, 0) is 61.8 Å². The lowest BCUT2D eigenvalue weighted by Crippen LogP contribution is -2.41. The van der Waals surface area contributed by atoms with E-state index in [-0.39, 0.29) is 24.3 Å². The first-order chi connectivity index (χ1) is 9.82. The van der Waals surface area contributed by atoms with Crippen molar-refractivity contribution >= 4 is 13.1 Å². The first-order valence-electron chi connectivity index (χ1n) is 8.05. The Hall–Kier alpha value is -0.805. The molecule has 0 atom stereocenters.